The normalized spacial score (nSPS) is 12.9. The number of rotatable bonds is 4. The van der Waals surface area contributed by atoms with Crippen LogP contribution in [-0.4, -0.2) is 21.7 Å². The molecule has 146 valence electrons. The van der Waals surface area contributed by atoms with Crippen molar-refractivity contribution in [2.45, 2.75) is 46.3 Å². The maximum Gasteiger partial charge on any atom is 0.337 e. The summed E-state index contributed by atoms with van der Waals surface area (Å²) in [4.78, 5) is 16.9. The molecular weight excluding hydrogens is 374 g/mol. The fraction of sp³-hybridized carbons (Fsp3) is 0.304. The summed E-state index contributed by atoms with van der Waals surface area (Å²) < 4.78 is 5.97. The maximum atomic E-state index is 12.2. The Balaban J connectivity index is 2.40. The lowest BCUT2D eigenvalue weighted by Gasteiger charge is -2.28. The number of aromatic nitrogens is 1. The van der Waals surface area contributed by atoms with Crippen LogP contribution in [0.5, 0.6) is 0 Å². The van der Waals surface area contributed by atoms with Gasteiger partial charge >= 0.3 is 5.97 Å². The third-order valence-corrected chi connectivity index (χ3v) is 4.95. The van der Waals surface area contributed by atoms with Gasteiger partial charge in [0.05, 0.1) is 11.1 Å². The van der Waals surface area contributed by atoms with E-state index < -0.39 is 17.7 Å². The summed E-state index contributed by atoms with van der Waals surface area (Å²) in [7, 11) is 0. The Bertz CT molecular complexity index is 1050. The SMILES string of the molecule is Cc1cc(-c2c([C@H](OC(C)(C)C)C(=O)O)c(C)nc3ccccc23)ccc1Cl. The van der Waals surface area contributed by atoms with Gasteiger partial charge in [-0.15, -0.1) is 0 Å². The number of hydrogen-bond donors (Lipinski definition) is 1. The number of aliphatic carboxylic acids is 1. The molecule has 2 aromatic carbocycles. The first-order valence-corrected chi connectivity index (χ1v) is 9.52. The molecule has 0 saturated heterocycles. The Kier molecular flexibility index (Phi) is 5.46. The number of pyridine rings is 1. The topological polar surface area (TPSA) is 59.4 Å². The van der Waals surface area contributed by atoms with E-state index in [0.29, 0.717) is 16.3 Å². The number of halogens is 1. The summed E-state index contributed by atoms with van der Waals surface area (Å²) in [5.74, 6) is -1.04. The minimum absolute atomic E-state index is 0.572. The van der Waals surface area contributed by atoms with Crippen LogP contribution >= 0.6 is 11.6 Å². The van der Waals surface area contributed by atoms with Crippen LogP contribution in [0.4, 0.5) is 0 Å². The number of para-hydroxylation sites is 1. The van der Waals surface area contributed by atoms with Crippen molar-refractivity contribution in [3.8, 4) is 11.1 Å². The maximum absolute atomic E-state index is 12.2. The first-order chi connectivity index (χ1) is 13.1. The average molecular weight is 398 g/mol. The Morgan fingerprint density at radius 2 is 1.82 bits per heavy atom. The van der Waals surface area contributed by atoms with Gasteiger partial charge in [0.15, 0.2) is 6.10 Å². The van der Waals surface area contributed by atoms with Gasteiger partial charge in [-0.2, -0.15) is 0 Å². The molecule has 3 rings (SSSR count). The van der Waals surface area contributed by atoms with E-state index in [-0.39, 0.29) is 0 Å². The molecule has 0 saturated carbocycles. The number of aryl methyl sites for hydroxylation is 2. The van der Waals surface area contributed by atoms with E-state index in [2.05, 4.69) is 4.98 Å². The van der Waals surface area contributed by atoms with Gasteiger partial charge in [0.1, 0.15) is 0 Å². The standard InChI is InChI=1S/C23H24ClNO3/c1-13-12-15(10-11-17(13)24)20-16-8-6-7-9-18(16)25-14(2)19(20)21(22(26)27)28-23(3,4)5/h6-12,21H,1-5H3,(H,26,27)/t21-/m0/s1. The van der Waals surface area contributed by atoms with E-state index in [1.165, 1.54) is 0 Å². The minimum atomic E-state index is -1.14. The van der Waals surface area contributed by atoms with Crippen molar-refractivity contribution in [2.75, 3.05) is 0 Å². The Hall–Kier alpha value is -2.43. The number of carboxylic acids is 1. The van der Waals surface area contributed by atoms with Gasteiger partial charge in [0.2, 0.25) is 0 Å². The largest absolute Gasteiger partial charge is 0.479 e. The third kappa shape index (κ3) is 4.03. The van der Waals surface area contributed by atoms with Crippen LogP contribution in [0, 0.1) is 13.8 Å². The molecule has 1 heterocycles. The lowest BCUT2D eigenvalue weighted by Crippen LogP contribution is -2.28. The van der Waals surface area contributed by atoms with Crippen LogP contribution in [0.25, 0.3) is 22.0 Å². The molecule has 0 spiro atoms. The second kappa shape index (κ2) is 7.53. The fourth-order valence-corrected chi connectivity index (χ4v) is 3.49. The Morgan fingerprint density at radius 3 is 2.43 bits per heavy atom. The van der Waals surface area contributed by atoms with Gasteiger partial charge in [-0.3, -0.25) is 4.98 Å². The minimum Gasteiger partial charge on any atom is -0.479 e. The molecule has 0 aliphatic carbocycles. The molecule has 0 aliphatic rings. The average Bonchev–Trinajstić information content (AvgIpc) is 2.60. The Labute approximate surface area is 170 Å². The summed E-state index contributed by atoms with van der Waals surface area (Å²) in [6.07, 6.45) is -1.14. The highest BCUT2D eigenvalue weighted by molar-refractivity contribution is 6.31. The second-order valence-electron chi connectivity index (χ2n) is 7.92. The summed E-state index contributed by atoms with van der Waals surface area (Å²) in [5, 5.41) is 11.5. The molecule has 0 unspecified atom stereocenters. The summed E-state index contributed by atoms with van der Waals surface area (Å²) in [6, 6.07) is 13.5. The molecule has 0 aliphatic heterocycles. The fourth-order valence-electron chi connectivity index (χ4n) is 3.37. The smallest absolute Gasteiger partial charge is 0.337 e. The number of nitrogens with zero attached hydrogens (tertiary/aromatic N) is 1. The van der Waals surface area contributed by atoms with E-state index in [9.17, 15) is 9.90 Å². The van der Waals surface area contributed by atoms with Crippen molar-refractivity contribution in [3.05, 3.63) is 64.3 Å². The van der Waals surface area contributed by atoms with Gasteiger partial charge in [-0.25, -0.2) is 4.79 Å². The van der Waals surface area contributed by atoms with Gasteiger partial charge in [0, 0.05) is 21.7 Å². The number of ether oxygens (including phenoxy) is 1. The van der Waals surface area contributed by atoms with Gasteiger partial charge in [-0.05, 0) is 69.5 Å². The van der Waals surface area contributed by atoms with Crippen molar-refractivity contribution < 1.29 is 14.6 Å². The van der Waals surface area contributed by atoms with Crippen LogP contribution in [0.1, 0.15) is 43.7 Å². The molecule has 1 N–H and O–H groups in total. The summed E-state index contributed by atoms with van der Waals surface area (Å²) >= 11 is 6.23. The van der Waals surface area contributed by atoms with Crippen molar-refractivity contribution in [3.63, 3.8) is 0 Å². The number of fused-ring (bicyclic) bond motifs is 1. The van der Waals surface area contributed by atoms with Gasteiger partial charge in [0.25, 0.3) is 0 Å². The predicted molar refractivity (Wildman–Crippen MR) is 113 cm³/mol. The number of carbonyl (C=O) groups is 1. The Morgan fingerprint density at radius 1 is 1.14 bits per heavy atom. The summed E-state index contributed by atoms with van der Waals surface area (Å²) in [6.45, 7) is 9.30. The molecular formula is C23H24ClNO3. The van der Waals surface area contributed by atoms with E-state index in [1.54, 1.807) is 0 Å². The molecule has 0 amide bonds. The number of benzene rings is 2. The van der Waals surface area contributed by atoms with Crippen LogP contribution in [0.3, 0.4) is 0 Å². The summed E-state index contributed by atoms with van der Waals surface area (Å²) in [5.41, 5.74) is 4.02. The second-order valence-corrected chi connectivity index (χ2v) is 8.32. The van der Waals surface area contributed by atoms with E-state index in [4.69, 9.17) is 16.3 Å². The molecule has 1 aromatic heterocycles. The molecule has 28 heavy (non-hydrogen) atoms. The molecule has 0 bridgehead atoms. The highest BCUT2D eigenvalue weighted by Gasteiger charge is 2.32. The van der Waals surface area contributed by atoms with E-state index >= 15 is 0 Å². The molecule has 3 aromatic rings. The van der Waals surface area contributed by atoms with Crippen molar-refractivity contribution in [2.24, 2.45) is 0 Å². The van der Waals surface area contributed by atoms with Crippen molar-refractivity contribution in [1.29, 1.82) is 0 Å². The zero-order valence-electron chi connectivity index (χ0n) is 16.7. The molecule has 0 radical (unpaired) electrons. The van der Waals surface area contributed by atoms with Crippen LogP contribution in [0.2, 0.25) is 5.02 Å². The number of carboxylic acid groups (broad SMARTS) is 1. The molecule has 1 atom stereocenters. The quantitative estimate of drug-likeness (QED) is 0.576. The lowest BCUT2D eigenvalue weighted by molar-refractivity contribution is -0.160. The first-order valence-electron chi connectivity index (χ1n) is 9.15. The van der Waals surface area contributed by atoms with Crippen LogP contribution in [0.15, 0.2) is 42.5 Å². The van der Waals surface area contributed by atoms with Crippen LogP contribution in [-0.2, 0) is 9.53 Å². The highest BCUT2D eigenvalue weighted by atomic mass is 35.5. The van der Waals surface area contributed by atoms with Gasteiger partial charge < -0.3 is 9.84 Å². The monoisotopic (exact) mass is 397 g/mol. The van der Waals surface area contributed by atoms with Crippen molar-refractivity contribution >= 4 is 28.5 Å². The third-order valence-electron chi connectivity index (χ3n) is 4.53. The van der Waals surface area contributed by atoms with Gasteiger partial charge in [-0.1, -0.05) is 35.9 Å². The molecule has 0 fully saturated rings. The van der Waals surface area contributed by atoms with E-state index in [1.807, 2.05) is 77.1 Å². The number of hydrogen-bond acceptors (Lipinski definition) is 3. The zero-order valence-corrected chi connectivity index (χ0v) is 17.5. The predicted octanol–water partition coefficient (Wildman–Crippen LogP) is 6.11. The van der Waals surface area contributed by atoms with E-state index in [0.717, 1.165) is 27.6 Å². The molecule has 4 nitrogen and oxygen atoms in total. The lowest BCUT2D eigenvalue weighted by atomic mass is 9.90. The molecule has 5 heteroatoms. The highest BCUT2D eigenvalue weighted by Crippen LogP contribution is 2.40. The zero-order chi connectivity index (χ0) is 20.6. The first kappa shape index (κ1) is 20.3. The van der Waals surface area contributed by atoms with Crippen LogP contribution < -0.4 is 0 Å². The van der Waals surface area contributed by atoms with Crippen molar-refractivity contribution in [1.82, 2.24) is 4.98 Å².